The van der Waals surface area contributed by atoms with Crippen LogP contribution in [0.1, 0.15) is 44.2 Å². The molecule has 10 rings (SSSR count). The number of aryl methyl sites for hydroxylation is 2. The Hall–Kier alpha value is -5.76. The molecule has 75 heavy (non-hydrogen) atoms. The van der Waals surface area contributed by atoms with E-state index in [-0.39, 0.29) is 51.3 Å². The number of β-amino-alcohol motifs (C(OH)–C–C–N with tert-alkyl or cyclic N) is 2. The number of aliphatic carboxylic acids is 1. The number of piperazine rings is 2. The quantitative estimate of drug-likeness (QED) is 0.136. The summed E-state index contributed by atoms with van der Waals surface area (Å²) in [6.45, 7) is 16.6. The minimum atomic E-state index is -0.969. The topological polar surface area (TPSA) is 170 Å². The van der Waals surface area contributed by atoms with E-state index in [9.17, 15) is 24.9 Å². The number of aliphatic hydroxyl groups excluding tert-OH is 2. The molecule has 2 aromatic heterocycles. The summed E-state index contributed by atoms with van der Waals surface area (Å²) in [5.74, 6) is 0.498. The van der Waals surface area contributed by atoms with E-state index in [2.05, 4.69) is 102 Å². The molecule has 15 nitrogen and oxygen atoms in total. The molecule has 4 fully saturated rings. The monoisotopic (exact) mass is 1020 g/mol. The predicted molar refractivity (Wildman–Crippen MR) is 293 cm³/mol. The van der Waals surface area contributed by atoms with E-state index in [1.54, 1.807) is 12.4 Å². The molecule has 0 spiro atoms. The number of pyridine rings is 2. The van der Waals surface area contributed by atoms with Crippen molar-refractivity contribution in [3.63, 3.8) is 0 Å². The van der Waals surface area contributed by atoms with E-state index in [0.717, 1.165) is 106 Å². The first-order valence-electron chi connectivity index (χ1n) is 26.1. The molecule has 6 heterocycles. The van der Waals surface area contributed by atoms with E-state index in [1.165, 1.54) is 22.5 Å². The predicted octanol–water partition coefficient (Wildman–Crippen LogP) is 2.82. The number of carboxylic acid groups (broad SMARTS) is 1. The average molecular weight is 1020 g/mol. The summed E-state index contributed by atoms with van der Waals surface area (Å²) >= 11 is 0. The number of fused-ring (bicyclic) bond motifs is 2. The first-order chi connectivity index (χ1) is 35.6. The van der Waals surface area contributed by atoms with Crippen LogP contribution in [0.5, 0.6) is 11.5 Å². The molecule has 0 saturated carbocycles. The van der Waals surface area contributed by atoms with Crippen LogP contribution in [0.15, 0.2) is 122 Å². The van der Waals surface area contributed by atoms with Crippen LogP contribution in [-0.4, -0.2) is 164 Å². The number of benzene rings is 4. The van der Waals surface area contributed by atoms with Crippen molar-refractivity contribution in [2.75, 3.05) is 115 Å². The van der Waals surface area contributed by atoms with Gasteiger partial charge in [0, 0.05) is 118 Å². The molecule has 4 saturated heterocycles. The molecule has 0 aliphatic carbocycles. The number of ether oxygens (including phenoxy) is 2. The van der Waals surface area contributed by atoms with Crippen LogP contribution in [0.3, 0.4) is 0 Å². The molecule has 1 unspecified atom stereocenters. The molecule has 6 aromatic rings. The number of nitrogens with one attached hydrogen (secondary N) is 1. The standard InChI is InChI=1S/C29H36N4O3.C18H22N2O4.C11H16N2.CH4.Li/c1-22-6-2-3-9-27(22)32-16-18-33(19-17-32)29(35)23-11-14-31(15-12-23)20-24(34)21-36-28-10-4-8-26-25(28)7-5-13-30-26;21-14(11-20-9-6-13(7-10-20)18(22)23)12-24-17-5-1-4-16-15(17)3-2-8-19-16;1-10-4-2-3-5-11(10)13-8-6-12-7-9-13;;/h2-10,13,23-24,34H,11-12,14-21H2,1H3;1-5,8,13-14,21H,6-7,9-12H2,(H,22,23);2-5,12H,6-9H2,1H3;1H4;/q;;;;+1/p-1/t24-;;;;/m1..../s1. The maximum atomic E-state index is 13.2. The van der Waals surface area contributed by atoms with Crippen LogP contribution in [0.4, 0.5) is 11.4 Å². The van der Waals surface area contributed by atoms with E-state index in [4.69, 9.17) is 9.47 Å². The number of anilines is 2. The maximum absolute atomic E-state index is 13.2. The first kappa shape index (κ1) is 58.5. The number of piperidine rings is 2. The zero-order valence-electron chi connectivity index (χ0n) is 43.6. The van der Waals surface area contributed by atoms with Crippen molar-refractivity contribution in [2.24, 2.45) is 11.8 Å². The first-order valence-corrected chi connectivity index (χ1v) is 26.1. The van der Waals surface area contributed by atoms with Gasteiger partial charge in [-0.15, -0.1) is 0 Å². The number of carbonyl (C=O) groups excluding carboxylic acids is 2. The number of nitrogens with zero attached hydrogens (tertiary/aromatic N) is 7. The molecule has 0 bridgehead atoms. The van der Waals surface area contributed by atoms with Gasteiger partial charge in [-0.2, -0.15) is 0 Å². The largest absolute Gasteiger partial charge is 1.00 e. The van der Waals surface area contributed by atoms with E-state index >= 15 is 0 Å². The van der Waals surface area contributed by atoms with Gasteiger partial charge in [0.25, 0.3) is 0 Å². The van der Waals surface area contributed by atoms with E-state index in [1.807, 2.05) is 60.7 Å². The van der Waals surface area contributed by atoms with Gasteiger partial charge in [-0.25, -0.2) is 0 Å². The Kier molecular flexibility index (Phi) is 23.0. The van der Waals surface area contributed by atoms with Crippen molar-refractivity contribution in [2.45, 2.75) is 59.2 Å². The number of carbonyl (C=O) groups is 2. The molecular weight excluding hydrogens is 940 g/mol. The molecule has 0 radical (unpaired) electrons. The average Bonchev–Trinajstić information content (AvgIpc) is 3.43. The van der Waals surface area contributed by atoms with Crippen LogP contribution < -0.4 is 48.6 Å². The fraction of sp³-hybridized carbons (Fsp3) is 0.458. The Morgan fingerprint density at radius 1 is 0.587 bits per heavy atom. The molecular formula is C59H77LiN8O7. The van der Waals surface area contributed by atoms with Gasteiger partial charge in [-0.3, -0.25) is 14.8 Å². The number of para-hydroxylation sites is 2. The van der Waals surface area contributed by atoms with Crippen molar-refractivity contribution in [3.8, 4) is 11.5 Å². The number of likely N-dealkylation sites (tertiary alicyclic amines) is 2. The van der Waals surface area contributed by atoms with Crippen LogP contribution in [0.25, 0.3) is 21.8 Å². The van der Waals surface area contributed by atoms with Crippen molar-refractivity contribution < 1.29 is 53.2 Å². The Morgan fingerprint density at radius 3 is 1.48 bits per heavy atom. The smallest absolute Gasteiger partial charge is 0.550 e. The summed E-state index contributed by atoms with van der Waals surface area (Å²) in [6, 6.07) is 36.2. The third-order valence-electron chi connectivity index (χ3n) is 14.5. The molecule has 4 aliphatic heterocycles. The summed E-state index contributed by atoms with van der Waals surface area (Å²) in [5, 5.41) is 36.9. The molecule has 16 heteroatoms. The summed E-state index contributed by atoms with van der Waals surface area (Å²) in [5.41, 5.74) is 7.07. The Balaban J connectivity index is 0.000000201. The van der Waals surface area contributed by atoms with Gasteiger partial charge in [-0.1, -0.05) is 56.0 Å². The fourth-order valence-electron chi connectivity index (χ4n) is 10.4. The van der Waals surface area contributed by atoms with Gasteiger partial charge in [0.2, 0.25) is 5.91 Å². The van der Waals surface area contributed by atoms with Gasteiger partial charge in [0.05, 0.1) is 11.0 Å². The van der Waals surface area contributed by atoms with Gasteiger partial charge < -0.3 is 59.4 Å². The van der Waals surface area contributed by atoms with Crippen molar-refractivity contribution in [1.82, 2.24) is 30.0 Å². The minimum absolute atomic E-state index is 0. The SMILES string of the molecule is C.Cc1ccccc1N1CCN(C(=O)C2CCN(C[C@@H](O)COc3cccc4ncccc34)CC2)CC1.Cc1ccccc1N1CCNCC1.O=C([O-])C1CCN(CC(O)COc2cccc3ncccc23)CC1.[Li+]. The maximum Gasteiger partial charge on any atom is 1.00 e. The van der Waals surface area contributed by atoms with Gasteiger partial charge in [-0.05, 0) is 138 Å². The number of aliphatic hydroxyl groups is 2. The zero-order chi connectivity index (χ0) is 50.9. The Morgan fingerprint density at radius 2 is 1.03 bits per heavy atom. The van der Waals surface area contributed by atoms with Crippen molar-refractivity contribution in [1.29, 1.82) is 0 Å². The number of amides is 1. The van der Waals surface area contributed by atoms with Crippen LogP contribution in [-0.2, 0) is 9.59 Å². The van der Waals surface area contributed by atoms with Gasteiger partial charge >= 0.3 is 18.9 Å². The van der Waals surface area contributed by atoms with Gasteiger partial charge in [0.15, 0.2) is 0 Å². The second-order valence-corrected chi connectivity index (χ2v) is 19.7. The zero-order valence-corrected chi connectivity index (χ0v) is 43.6. The molecule has 2 atom stereocenters. The Labute approximate surface area is 456 Å². The second kappa shape index (κ2) is 29.5. The number of aromatic nitrogens is 2. The molecule has 4 aliphatic rings. The second-order valence-electron chi connectivity index (χ2n) is 19.7. The van der Waals surface area contributed by atoms with E-state index in [0.29, 0.717) is 50.7 Å². The summed E-state index contributed by atoms with van der Waals surface area (Å²) in [7, 11) is 0. The van der Waals surface area contributed by atoms with Crippen molar-refractivity contribution >= 4 is 45.1 Å². The van der Waals surface area contributed by atoms with E-state index < -0.39 is 18.2 Å². The number of hydrogen-bond donors (Lipinski definition) is 3. The molecule has 3 N–H and O–H groups in total. The van der Waals surface area contributed by atoms with Crippen molar-refractivity contribution in [3.05, 3.63) is 133 Å². The normalized spacial score (nSPS) is 17.5. The fourth-order valence-corrected chi connectivity index (χ4v) is 10.4. The van der Waals surface area contributed by atoms with Gasteiger partial charge in [0.1, 0.15) is 36.9 Å². The summed E-state index contributed by atoms with van der Waals surface area (Å²) in [4.78, 5) is 43.9. The molecule has 4 aromatic carbocycles. The summed E-state index contributed by atoms with van der Waals surface area (Å²) < 4.78 is 11.7. The third-order valence-corrected chi connectivity index (χ3v) is 14.5. The van der Waals surface area contributed by atoms with Crippen LogP contribution in [0.2, 0.25) is 0 Å². The Bertz CT molecular complexity index is 2680. The van der Waals surface area contributed by atoms with Crippen LogP contribution >= 0.6 is 0 Å². The third kappa shape index (κ3) is 16.6. The number of hydrogen-bond acceptors (Lipinski definition) is 14. The minimum Gasteiger partial charge on any atom is -0.550 e. The molecule has 1 amide bonds. The summed E-state index contributed by atoms with van der Waals surface area (Å²) in [6.07, 6.45) is 5.13. The van der Waals surface area contributed by atoms with Crippen LogP contribution in [0, 0.1) is 25.7 Å². The molecule has 396 valence electrons. The number of carboxylic acids is 1. The number of rotatable bonds is 14.